The predicted octanol–water partition coefficient (Wildman–Crippen LogP) is -1.02. The van der Waals surface area contributed by atoms with Gasteiger partial charge >= 0.3 is 0 Å². The highest BCUT2D eigenvalue weighted by Gasteiger charge is 2.13. The molecule has 0 unspecified atom stereocenters. The molecule has 15 heavy (non-hydrogen) atoms. The number of nitrogens with zero attached hydrogens (tertiary/aromatic N) is 1. The molecule has 0 radical (unpaired) electrons. The van der Waals surface area contributed by atoms with E-state index in [1.165, 1.54) is 4.90 Å². The van der Waals surface area contributed by atoms with Crippen LogP contribution >= 0.6 is 0 Å². The summed E-state index contributed by atoms with van der Waals surface area (Å²) in [6.45, 7) is 2.89. The number of likely N-dealkylation sites (N-methyl/N-ethyl adjacent to an activating group) is 1. The van der Waals surface area contributed by atoms with Crippen LogP contribution in [0.5, 0.6) is 0 Å². The highest BCUT2D eigenvalue weighted by molar-refractivity contribution is 5.84. The van der Waals surface area contributed by atoms with Gasteiger partial charge in [-0.25, -0.2) is 0 Å². The molecule has 0 aliphatic rings. The Morgan fingerprint density at radius 3 is 2.47 bits per heavy atom. The molecule has 0 aliphatic heterocycles. The van der Waals surface area contributed by atoms with Crippen LogP contribution in [0.2, 0.25) is 0 Å². The number of nitrogens with two attached hydrogens (primary N) is 1. The Kier molecular flexibility index (Phi) is 7.57. The number of ether oxygens (including phenoxy) is 2. The number of hydrogen-bond acceptors (Lipinski definition) is 4. The summed E-state index contributed by atoms with van der Waals surface area (Å²) in [5.41, 5.74) is 4.99. The van der Waals surface area contributed by atoms with Crippen molar-refractivity contribution in [3.05, 3.63) is 0 Å². The zero-order chi connectivity index (χ0) is 11.7. The topological polar surface area (TPSA) is 81.9 Å². The van der Waals surface area contributed by atoms with Crippen molar-refractivity contribution in [2.45, 2.75) is 6.92 Å². The second-order valence-corrected chi connectivity index (χ2v) is 2.92. The third-order valence-corrected chi connectivity index (χ3v) is 1.74. The average molecular weight is 218 g/mol. The summed E-state index contributed by atoms with van der Waals surface area (Å²) in [6, 6.07) is 0. The SMILES string of the molecule is CCN(CC(N)=O)C(=O)COCCOC. The first-order valence-corrected chi connectivity index (χ1v) is 4.74. The first-order valence-electron chi connectivity index (χ1n) is 4.74. The van der Waals surface area contributed by atoms with E-state index < -0.39 is 5.91 Å². The van der Waals surface area contributed by atoms with Gasteiger partial charge in [-0.1, -0.05) is 0 Å². The molecule has 0 bridgehead atoms. The quantitative estimate of drug-likeness (QED) is 0.529. The summed E-state index contributed by atoms with van der Waals surface area (Å²) in [5, 5.41) is 0. The third kappa shape index (κ3) is 6.87. The minimum absolute atomic E-state index is 0.0511. The van der Waals surface area contributed by atoms with Gasteiger partial charge in [-0.05, 0) is 6.92 Å². The van der Waals surface area contributed by atoms with E-state index >= 15 is 0 Å². The molecule has 88 valence electrons. The average Bonchev–Trinajstić information content (AvgIpc) is 2.20. The lowest BCUT2D eigenvalue weighted by Crippen LogP contribution is -2.40. The molecule has 0 saturated heterocycles. The van der Waals surface area contributed by atoms with E-state index in [1.807, 2.05) is 0 Å². The van der Waals surface area contributed by atoms with Crippen molar-refractivity contribution < 1.29 is 19.1 Å². The van der Waals surface area contributed by atoms with Gasteiger partial charge in [-0.3, -0.25) is 9.59 Å². The predicted molar refractivity (Wildman–Crippen MR) is 54.1 cm³/mol. The van der Waals surface area contributed by atoms with Gasteiger partial charge in [0.1, 0.15) is 6.61 Å². The maximum Gasteiger partial charge on any atom is 0.249 e. The molecule has 0 aliphatic carbocycles. The van der Waals surface area contributed by atoms with Crippen molar-refractivity contribution in [3.8, 4) is 0 Å². The number of amides is 2. The van der Waals surface area contributed by atoms with Crippen LogP contribution in [0.15, 0.2) is 0 Å². The van der Waals surface area contributed by atoms with E-state index in [-0.39, 0.29) is 19.1 Å². The van der Waals surface area contributed by atoms with Crippen LogP contribution in [0, 0.1) is 0 Å². The maximum absolute atomic E-state index is 11.4. The third-order valence-electron chi connectivity index (χ3n) is 1.74. The van der Waals surface area contributed by atoms with Gasteiger partial charge < -0.3 is 20.1 Å². The molecule has 0 fully saturated rings. The summed E-state index contributed by atoms with van der Waals surface area (Å²) in [4.78, 5) is 23.4. The standard InChI is InChI=1S/C9H18N2O4/c1-3-11(6-8(10)12)9(13)7-15-5-4-14-2/h3-7H2,1-2H3,(H2,10,12). The van der Waals surface area contributed by atoms with Gasteiger partial charge in [0, 0.05) is 13.7 Å². The smallest absolute Gasteiger partial charge is 0.249 e. The fourth-order valence-corrected chi connectivity index (χ4v) is 0.957. The first-order chi connectivity index (χ1) is 7.11. The van der Waals surface area contributed by atoms with Crippen LogP contribution in [0.25, 0.3) is 0 Å². The van der Waals surface area contributed by atoms with Gasteiger partial charge in [0.2, 0.25) is 11.8 Å². The summed E-state index contributed by atoms with van der Waals surface area (Å²) < 4.78 is 9.78. The van der Waals surface area contributed by atoms with Crippen LogP contribution in [0.1, 0.15) is 6.92 Å². The Hall–Kier alpha value is -1.14. The molecule has 2 N–H and O–H groups in total. The van der Waals surface area contributed by atoms with Crippen LogP contribution in [-0.4, -0.2) is 56.7 Å². The minimum Gasteiger partial charge on any atom is -0.382 e. The zero-order valence-electron chi connectivity index (χ0n) is 9.19. The second-order valence-electron chi connectivity index (χ2n) is 2.92. The summed E-state index contributed by atoms with van der Waals surface area (Å²) in [6.07, 6.45) is 0. The molecule has 0 aromatic heterocycles. The molecule has 0 heterocycles. The molecule has 2 amide bonds. The largest absolute Gasteiger partial charge is 0.382 e. The van der Waals surface area contributed by atoms with Gasteiger partial charge in [0.05, 0.1) is 19.8 Å². The van der Waals surface area contributed by atoms with Gasteiger partial charge in [-0.15, -0.1) is 0 Å². The van der Waals surface area contributed by atoms with E-state index in [4.69, 9.17) is 15.2 Å². The molecule has 6 nitrogen and oxygen atoms in total. The van der Waals surface area contributed by atoms with E-state index in [0.717, 1.165) is 0 Å². The van der Waals surface area contributed by atoms with Crippen LogP contribution in [0.4, 0.5) is 0 Å². The van der Waals surface area contributed by atoms with Gasteiger partial charge in [0.15, 0.2) is 0 Å². The Morgan fingerprint density at radius 2 is 2.00 bits per heavy atom. The Morgan fingerprint density at radius 1 is 1.33 bits per heavy atom. The molecule has 0 spiro atoms. The fraction of sp³-hybridized carbons (Fsp3) is 0.778. The lowest BCUT2D eigenvalue weighted by atomic mass is 10.4. The number of rotatable bonds is 8. The van der Waals surface area contributed by atoms with E-state index in [9.17, 15) is 9.59 Å². The molecule has 0 saturated carbocycles. The monoisotopic (exact) mass is 218 g/mol. The number of carbonyl (C=O) groups excluding carboxylic acids is 2. The highest BCUT2D eigenvalue weighted by Crippen LogP contribution is 1.90. The zero-order valence-corrected chi connectivity index (χ0v) is 9.19. The molecule has 0 aromatic rings. The van der Waals surface area contributed by atoms with Crippen molar-refractivity contribution in [2.75, 3.05) is 40.0 Å². The lowest BCUT2D eigenvalue weighted by Gasteiger charge is -2.18. The Bertz CT molecular complexity index is 208. The van der Waals surface area contributed by atoms with Crippen LogP contribution in [-0.2, 0) is 19.1 Å². The van der Waals surface area contributed by atoms with Crippen molar-refractivity contribution in [1.29, 1.82) is 0 Å². The number of methoxy groups -OCH3 is 1. The first kappa shape index (κ1) is 13.9. The summed E-state index contributed by atoms with van der Waals surface area (Å²) in [5.74, 6) is -0.769. The lowest BCUT2D eigenvalue weighted by molar-refractivity contribution is -0.139. The normalized spacial score (nSPS) is 10.0. The Balaban J connectivity index is 3.78. The van der Waals surface area contributed by atoms with Gasteiger partial charge in [0.25, 0.3) is 0 Å². The molecular weight excluding hydrogens is 200 g/mol. The van der Waals surface area contributed by atoms with E-state index in [1.54, 1.807) is 14.0 Å². The van der Waals surface area contributed by atoms with Crippen LogP contribution < -0.4 is 5.73 Å². The van der Waals surface area contributed by atoms with Crippen molar-refractivity contribution >= 4 is 11.8 Å². The molecule has 6 heteroatoms. The Labute approximate surface area is 89.3 Å². The van der Waals surface area contributed by atoms with Crippen molar-refractivity contribution in [3.63, 3.8) is 0 Å². The van der Waals surface area contributed by atoms with Crippen molar-refractivity contribution in [2.24, 2.45) is 5.73 Å². The highest BCUT2D eigenvalue weighted by atomic mass is 16.5. The van der Waals surface area contributed by atoms with Crippen molar-refractivity contribution in [1.82, 2.24) is 4.90 Å². The molecule has 0 rings (SSSR count). The minimum atomic E-state index is -0.526. The maximum atomic E-state index is 11.4. The van der Waals surface area contributed by atoms with Gasteiger partial charge in [-0.2, -0.15) is 0 Å². The fourth-order valence-electron chi connectivity index (χ4n) is 0.957. The summed E-state index contributed by atoms with van der Waals surface area (Å²) in [7, 11) is 1.55. The summed E-state index contributed by atoms with van der Waals surface area (Å²) >= 11 is 0. The molecular formula is C9H18N2O4. The molecule has 0 aromatic carbocycles. The second kappa shape index (κ2) is 8.19. The number of carbonyl (C=O) groups is 2. The van der Waals surface area contributed by atoms with E-state index in [0.29, 0.717) is 19.8 Å². The van der Waals surface area contributed by atoms with Crippen LogP contribution in [0.3, 0.4) is 0 Å². The van der Waals surface area contributed by atoms with E-state index in [2.05, 4.69) is 0 Å². The number of primary amides is 1. The molecule has 0 atom stereocenters. The number of hydrogen-bond donors (Lipinski definition) is 1.